The maximum atomic E-state index is 13.3. The summed E-state index contributed by atoms with van der Waals surface area (Å²) < 4.78 is 37.2. The smallest absolute Gasteiger partial charge is 0.160 e. The van der Waals surface area contributed by atoms with Gasteiger partial charge in [-0.15, -0.1) is 0 Å². The molecule has 0 fully saturated rings. The standard InChI is InChI=1S/C23H21F2NO2/c1-27-21-12-3-16(15-22(21)28-2)13-14-26-23(17-4-8-19(24)9-5-17)18-6-10-20(25)11-7-18/h3-12,15H,13-14H2,1-2H3. The van der Waals surface area contributed by atoms with Gasteiger partial charge in [0.05, 0.1) is 19.9 Å². The summed E-state index contributed by atoms with van der Waals surface area (Å²) in [4.78, 5) is 4.72. The summed E-state index contributed by atoms with van der Waals surface area (Å²) in [6.45, 7) is 0.513. The minimum Gasteiger partial charge on any atom is -0.493 e. The highest BCUT2D eigenvalue weighted by Crippen LogP contribution is 2.27. The summed E-state index contributed by atoms with van der Waals surface area (Å²) in [7, 11) is 3.19. The first-order chi connectivity index (χ1) is 13.6. The van der Waals surface area contributed by atoms with Crippen LogP contribution in [0, 0.1) is 11.6 Å². The van der Waals surface area contributed by atoms with E-state index in [1.807, 2.05) is 18.2 Å². The average Bonchev–Trinajstić information content (AvgIpc) is 2.73. The van der Waals surface area contributed by atoms with Crippen LogP contribution in [0.4, 0.5) is 8.78 Å². The lowest BCUT2D eigenvalue weighted by Crippen LogP contribution is -2.06. The number of aliphatic imine (C=N–C) groups is 1. The van der Waals surface area contributed by atoms with Crippen molar-refractivity contribution >= 4 is 5.71 Å². The highest BCUT2D eigenvalue weighted by molar-refractivity contribution is 6.12. The fourth-order valence-corrected chi connectivity index (χ4v) is 2.90. The van der Waals surface area contributed by atoms with Gasteiger partial charge in [-0.05, 0) is 72.6 Å². The van der Waals surface area contributed by atoms with Crippen molar-refractivity contribution < 1.29 is 18.3 Å². The monoisotopic (exact) mass is 381 g/mol. The zero-order valence-corrected chi connectivity index (χ0v) is 15.8. The molecular formula is C23H21F2NO2. The quantitative estimate of drug-likeness (QED) is 0.536. The number of ether oxygens (including phenoxy) is 2. The molecule has 3 rings (SSSR count). The molecule has 0 bridgehead atoms. The van der Waals surface area contributed by atoms with E-state index in [1.165, 1.54) is 24.3 Å². The zero-order valence-electron chi connectivity index (χ0n) is 15.8. The molecule has 0 aliphatic heterocycles. The van der Waals surface area contributed by atoms with Crippen LogP contribution < -0.4 is 9.47 Å². The van der Waals surface area contributed by atoms with Gasteiger partial charge in [0.15, 0.2) is 11.5 Å². The highest BCUT2D eigenvalue weighted by atomic mass is 19.1. The highest BCUT2D eigenvalue weighted by Gasteiger charge is 2.09. The van der Waals surface area contributed by atoms with Crippen LogP contribution in [0.1, 0.15) is 16.7 Å². The number of benzene rings is 3. The van der Waals surface area contributed by atoms with Crippen LogP contribution in [-0.4, -0.2) is 26.5 Å². The Balaban J connectivity index is 1.85. The van der Waals surface area contributed by atoms with Crippen molar-refractivity contribution in [3.05, 3.63) is 95.1 Å². The molecule has 3 aromatic rings. The summed E-state index contributed by atoms with van der Waals surface area (Å²) in [5, 5.41) is 0. The molecule has 0 aliphatic carbocycles. The third-order valence-electron chi connectivity index (χ3n) is 4.35. The molecule has 28 heavy (non-hydrogen) atoms. The van der Waals surface area contributed by atoms with Gasteiger partial charge in [-0.2, -0.15) is 0 Å². The van der Waals surface area contributed by atoms with Gasteiger partial charge < -0.3 is 9.47 Å². The van der Waals surface area contributed by atoms with Gasteiger partial charge in [0.2, 0.25) is 0 Å². The predicted octanol–water partition coefficient (Wildman–Crippen LogP) is 5.06. The average molecular weight is 381 g/mol. The van der Waals surface area contributed by atoms with Gasteiger partial charge in [0.25, 0.3) is 0 Å². The first kappa shape index (κ1) is 19.5. The number of halogens is 2. The topological polar surface area (TPSA) is 30.8 Å². The Morgan fingerprint density at radius 1 is 0.750 bits per heavy atom. The van der Waals surface area contributed by atoms with Crippen LogP contribution >= 0.6 is 0 Å². The Labute approximate surface area is 163 Å². The molecule has 0 radical (unpaired) electrons. The van der Waals surface area contributed by atoms with E-state index in [9.17, 15) is 8.78 Å². The van der Waals surface area contributed by atoms with Gasteiger partial charge in [-0.25, -0.2) is 8.78 Å². The molecule has 0 heterocycles. The van der Waals surface area contributed by atoms with Crippen molar-refractivity contribution in [3.63, 3.8) is 0 Å². The second kappa shape index (κ2) is 9.13. The van der Waals surface area contributed by atoms with E-state index in [0.717, 1.165) is 16.7 Å². The number of nitrogens with zero attached hydrogens (tertiary/aromatic N) is 1. The van der Waals surface area contributed by atoms with Gasteiger partial charge >= 0.3 is 0 Å². The minimum absolute atomic E-state index is 0.312. The lowest BCUT2D eigenvalue weighted by atomic mass is 10.0. The minimum atomic E-state index is -0.312. The van der Waals surface area contributed by atoms with Gasteiger partial charge in [-0.3, -0.25) is 4.99 Å². The van der Waals surface area contributed by atoms with Gasteiger partial charge in [0, 0.05) is 17.7 Å². The zero-order chi connectivity index (χ0) is 19.9. The summed E-state index contributed by atoms with van der Waals surface area (Å²) in [6, 6.07) is 18.0. The second-order valence-electron chi connectivity index (χ2n) is 6.18. The molecule has 5 heteroatoms. The van der Waals surface area contributed by atoms with Crippen molar-refractivity contribution in [2.75, 3.05) is 20.8 Å². The van der Waals surface area contributed by atoms with Crippen molar-refractivity contribution in [1.29, 1.82) is 0 Å². The van der Waals surface area contributed by atoms with Crippen LogP contribution in [0.3, 0.4) is 0 Å². The maximum Gasteiger partial charge on any atom is 0.160 e. The van der Waals surface area contributed by atoms with Crippen molar-refractivity contribution in [3.8, 4) is 11.5 Å². The molecule has 3 nitrogen and oxygen atoms in total. The fraction of sp³-hybridized carbons (Fsp3) is 0.174. The largest absolute Gasteiger partial charge is 0.493 e. The molecule has 0 atom stereocenters. The summed E-state index contributed by atoms with van der Waals surface area (Å²) in [5.41, 5.74) is 3.31. The third kappa shape index (κ3) is 4.74. The molecule has 0 saturated heterocycles. The molecule has 0 N–H and O–H groups in total. The SMILES string of the molecule is COc1ccc(CCN=C(c2ccc(F)cc2)c2ccc(F)cc2)cc1OC. The summed E-state index contributed by atoms with van der Waals surface area (Å²) >= 11 is 0. The second-order valence-corrected chi connectivity index (χ2v) is 6.18. The molecule has 0 aliphatic rings. The van der Waals surface area contributed by atoms with Gasteiger partial charge in [0.1, 0.15) is 11.6 Å². The van der Waals surface area contributed by atoms with Crippen LogP contribution in [0.2, 0.25) is 0 Å². The Hall–Kier alpha value is -3.21. The van der Waals surface area contributed by atoms with Crippen molar-refractivity contribution in [1.82, 2.24) is 0 Å². The Morgan fingerprint density at radius 3 is 1.79 bits per heavy atom. The molecule has 0 unspecified atom stereocenters. The molecular weight excluding hydrogens is 360 g/mol. The Bertz CT molecular complexity index is 904. The molecule has 3 aromatic carbocycles. The lowest BCUT2D eigenvalue weighted by molar-refractivity contribution is 0.354. The van der Waals surface area contributed by atoms with E-state index < -0.39 is 0 Å². The molecule has 144 valence electrons. The first-order valence-corrected chi connectivity index (χ1v) is 8.88. The predicted molar refractivity (Wildman–Crippen MR) is 107 cm³/mol. The fourth-order valence-electron chi connectivity index (χ4n) is 2.90. The number of rotatable bonds is 7. The van der Waals surface area contributed by atoms with Crippen LogP contribution in [0.25, 0.3) is 0 Å². The molecule has 0 saturated carbocycles. The summed E-state index contributed by atoms with van der Waals surface area (Å²) in [6.07, 6.45) is 0.687. The number of methoxy groups -OCH3 is 2. The maximum absolute atomic E-state index is 13.3. The first-order valence-electron chi connectivity index (χ1n) is 8.88. The Morgan fingerprint density at radius 2 is 1.29 bits per heavy atom. The van der Waals surface area contributed by atoms with E-state index in [0.29, 0.717) is 30.2 Å². The molecule has 0 aromatic heterocycles. The van der Waals surface area contributed by atoms with Crippen molar-refractivity contribution in [2.45, 2.75) is 6.42 Å². The van der Waals surface area contributed by atoms with E-state index in [2.05, 4.69) is 0 Å². The number of hydrogen-bond donors (Lipinski definition) is 0. The Kier molecular flexibility index (Phi) is 6.37. The van der Waals surface area contributed by atoms with Crippen LogP contribution in [0.15, 0.2) is 71.7 Å². The number of hydrogen-bond acceptors (Lipinski definition) is 3. The molecule has 0 amide bonds. The van der Waals surface area contributed by atoms with E-state index in [4.69, 9.17) is 14.5 Å². The van der Waals surface area contributed by atoms with E-state index >= 15 is 0 Å². The normalized spacial score (nSPS) is 10.4. The van der Waals surface area contributed by atoms with Crippen LogP contribution in [-0.2, 0) is 6.42 Å². The van der Waals surface area contributed by atoms with Gasteiger partial charge in [-0.1, -0.05) is 6.07 Å². The van der Waals surface area contributed by atoms with Crippen LogP contribution in [0.5, 0.6) is 11.5 Å². The summed E-state index contributed by atoms with van der Waals surface area (Å²) in [5.74, 6) is 0.717. The lowest BCUT2D eigenvalue weighted by Gasteiger charge is -2.10. The van der Waals surface area contributed by atoms with E-state index in [1.54, 1.807) is 38.5 Å². The molecule has 0 spiro atoms. The van der Waals surface area contributed by atoms with E-state index in [-0.39, 0.29) is 11.6 Å². The van der Waals surface area contributed by atoms with Crippen molar-refractivity contribution in [2.24, 2.45) is 4.99 Å². The third-order valence-corrected chi connectivity index (χ3v) is 4.35.